The number of benzene rings is 1. The molecule has 1 aromatic carbocycles. The van der Waals surface area contributed by atoms with Gasteiger partial charge in [0.25, 0.3) is 0 Å². The van der Waals surface area contributed by atoms with E-state index in [0.29, 0.717) is 10.7 Å². The number of hydrogen-bond donors (Lipinski definition) is 0. The second-order valence-electron chi connectivity index (χ2n) is 7.09. The number of unbranched alkanes of at least 4 members (excludes halogenated alkanes) is 2. The SMILES string of the molecule is CCCCCN1CC(=O)N(c2ccc(C)c(Cl)c2)C2CS(=O)(=O)CC21. The molecule has 0 spiro atoms. The minimum absolute atomic E-state index is 0.0270. The number of nitrogens with zero attached hydrogens (tertiary/aromatic N) is 2. The van der Waals surface area contributed by atoms with Gasteiger partial charge in [0.15, 0.2) is 9.84 Å². The Morgan fingerprint density at radius 2 is 1.92 bits per heavy atom. The zero-order valence-corrected chi connectivity index (χ0v) is 16.3. The van der Waals surface area contributed by atoms with Gasteiger partial charge in [0, 0.05) is 16.8 Å². The smallest absolute Gasteiger partial charge is 0.241 e. The Balaban J connectivity index is 1.90. The van der Waals surface area contributed by atoms with Crippen molar-refractivity contribution in [2.24, 2.45) is 0 Å². The van der Waals surface area contributed by atoms with Crippen LogP contribution in [0.15, 0.2) is 18.2 Å². The molecule has 5 nitrogen and oxygen atoms in total. The first-order valence-electron chi connectivity index (χ1n) is 8.85. The van der Waals surface area contributed by atoms with Crippen LogP contribution in [0.3, 0.4) is 0 Å². The lowest BCUT2D eigenvalue weighted by Crippen LogP contribution is -2.62. The molecule has 2 heterocycles. The number of fused-ring (bicyclic) bond motifs is 1. The van der Waals surface area contributed by atoms with E-state index in [4.69, 9.17) is 11.6 Å². The Morgan fingerprint density at radius 3 is 2.60 bits per heavy atom. The topological polar surface area (TPSA) is 57.7 Å². The molecule has 0 radical (unpaired) electrons. The molecule has 1 amide bonds. The zero-order valence-electron chi connectivity index (χ0n) is 14.7. The van der Waals surface area contributed by atoms with Gasteiger partial charge in [-0.1, -0.05) is 37.4 Å². The molecule has 25 heavy (non-hydrogen) atoms. The van der Waals surface area contributed by atoms with Gasteiger partial charge in [0.1, 0.15) is 0 Å². The number of amides is 1. The maximum absolute atomic E-state index is 12.8. The first-order chi connectivity index (χ1) is 11.8. The summed E-state index contributed by atoms with van der Waals surface area (Å²) in [5.41, 5.74) is 1.63. The van der Waals surface area contributed by atoms with Crippen molar-refractivity contribution in [1.29, 1.82) is 0 Å². The average molecular weight is 385 g/mol. The lowest BCUT2D eigenvalue weighted by Gasteiger charge is -2.43. The molecule has 0 aliphatic carbocycles. The average Bonchev–Trinajstić information content (AvgIpc) is 2.86. The minimum Gasteiger partial charge on any atom is -0.306 e. The number of sulfone groups is 1. The van der Waals surface area contributed by atoms with Crippen molar-refractivity contribution in [3.63, 3.8) is 0 Å². The van der Waals surface area contributed by atoms with Crippen LogP contribution in [-0.4, -0.2) is 55.9 Å². The molecule has 2 aliphatic heterocycles. The van der Waals surface area contributed by atoms with Gasteiger partial charge in [-0.05, 0) is 37.6 Å². The largest absolute Gasteiger partial charge is 0.306 e. The second kappa shape index (κ2) is 7.25. The van der Waals surface area contributed by atoms with Crippen molar-refractivity contribution in [2.45, 2.75) is 45.2 Å². The number of halogens is 1. The molecule has 0 N–H and O–H groups in total. The summed E-state index contributed by atoms with van der Waals surface area (Å²) in [6.45, 7) is 5.08. The van der Waals surface area contributed by atoms with Gasteiger partial charge < -0.3 is 4.90 Å². The van der Waals surface area contributed by atoms with E-state index in [9.17, 15) is 13.2 Å². The summed E-state index contributed by atoms with van der Waals surface area (Å²) in [4.78, 5) is 16.6. The van der Waals surface area contributed by atoms with Gasteiger partial charge in [0.2, 0.25) is 5.91 Å². The summed E-state index contributed by atoms with van der Waals surface area (Å²) in [5, 5.41) is 0.591. The normalized spacial score (nSPS) is 26.0. The number of carbonyl (C=O) groups excluding carboxylic acids is 1. The van der Waals surface area contributed by atoms with Crippen LogP contribution in [0.5, 0.6) is 0 Å². The Kier molecular flexibility index (Phi) is 5.42. The van der Waals surface area contributed by atoms with E-state index < -0.39 is 9.84 Å². The predicted octanol–water partition coefficient (Wildman–Crippen LogP) is 2.65. The van der Waals surface area contributed by atoms with E-state index in [1.54, 1.807) is 11.0 Å². The number of hydrogen-bond acceptors (Lipinski definition) is 4. The molecule has 1 aromatic rings. The Hall–Kier alpha value is -1.11. The van der Waals surface area contributed by atoms with Crippen molar-refractivity contribution in [1.82, 2.24) is 4.90 Å². The zero-order chi connectivity index (χ0) is 18.2. The third-order valence-electron chi connectivity index (χ3n) is 5.18. The van der Waals surface area contributed by atoms with Gasteiger partial charge in [-0.2, -0.15) is 0 Å². The van der Waals surface area contributed by atoms with Gasteiger partial charge in [0.05, 0.1) is 24.1 Å². The molecule has 0 saturated carbocycles. The predicted molar refractivity (Wildman–Crippen MR) is 101 cm³/mol. The quantitative estimate of drug-likeness (QED) is 0.732. The van der Waals surface area contributed by atoms with E-state index >= 15 is 0 Å². The van der Waals surface area contributed by atoms with Crippen LogP contribution in [0.2, 0.25) is 5.02 Å². The fourth-order valence-corrected chi connectivity index (χ4v) is 5.99. The van der Waals surface area contributed by atoms with Crippen LogP contribution in [0, 0.1) is 6.92 Å². The minimum atomic E-state index is -3.14. The second-order valence-corrected chi connectivity index (χ2v) is 9.65. The molecule has 138 valence electrons. The summed E-state index contributed by atoms with van der Waals surface area (Å²) >= 11 is 6.23. The maximum Gasteiger partial charge on any atom is 0.241 e. The van der Waals surface area contributed by atoms with Crippen LogP contribution in [-0.2, 0) is 14.6 Å². The number of rotatable bonds is 5. The van der Waals surface area contributed by atoms with Gasteiger partial charge in [-0.15, -0.1) is 0 Å². The van der Waals surface area contributed by atoms with Crippen molar-refractivity contribution in [3.8, 4) is 0 Å². The molecule has 0 bridgehead atoms. The molecule has 2 unspecified atom stereocenters. The fraction of sp³-hybridized carbons (Fsp3) is 0.611. The Bertz CT molecular complexity index is 766. The highest BCUT2D eigenvalue weighted by molar-refractivity contribution is 7.91. The van der Waals surface area contributed by atoms with Gasteiger partial charge in [-0.3, -0.25) is 9.69 Å². The van der Waals surface area contributed by atoms with E-state index in [-0.39, 0.29) is 36.0 Å². The first kappa shape index (κ1) is 18.7. The molecule has 3 rings (SSSR count). The monoisotopic (exact) mass is 384 g/mol. The molecule has 2 fully saturated rings. The van der Waals surface area contributed by atoms with Crippen LogP contribution >= 0.6 is 11.6 Å². The standard InChI is InChI=1S/C18H25ClN2O3S/c1-3-4-5-8-20-10-18(22)21(14-7-6-13(2)15(19)9-14)17-12-25(23,24)11-16(17)20/h6-7,9,16-17H,3-5,8,10-12H2,1-2H3. The molecule has 2 saturated heterocycles. The van der Waals surface area contributed by atoms with Crippen LogP contribution in [0.1, 0.15) is 31.7 Å². The summed E-state index contributed by atoms with van der Waals surface area (Å²) in [7, 11) is -3.14. The maximum atomic E-state index is 12.8. The lowest BCUT2D eigenvalue weighted by molar-refractivity contribution is -0.123. The number of carbonyl (C=O) groups is 1. The highest BCUT2D eigenvalue weighted by atomic mass is 35.5. The third kappa shape index (κ3) is 3.86. The van der Waals surface area contributed by atoms with Crippen LogP contribution in [0.25, 0.3) is 0 Å². The summed E-state index contributed by atoms with van der Waals surface area (Å²) < 4.78 is 24.6. The molecular formula is C18H25ClN2O3S. The lowest BCUT2D eigenvalue weighted by atomic mass is 10.0. The molecule has 0 aromatic heterocycles. The highest BCUT2D eigenvalue weighted by Gasteiger charge is 2.49. The number of anilines is 1. The van der Waals surface area contributed by atoms with Gasteiger partial charge >= 0.3 is 0 Å². The molecular weight excluding hydrogens is 360 g/mol. The van der Waals surface area contributed by atoms with E-state index in [0.717, 1.165) is 31.4 Å². The molecule has 7 heteroatoms. The fourth-order valence-electron chi connectivity index (χ4n) is 3.83. The highest BCUT2D eigenvalue weighted by Crippen LogP contribution is 2.33. The van der Waals surface area contributed by atoms with E-state index in [1.807, 2.05) is 19.1 Å². The van der Waals surface area contributed by atoms with Crippen molar-refractivity contribution in [2.75, 3.05) is 29.5 Å². The van der Waals surface area contributed by atoms with Crippen molar-refractivity contribution in [3.05, 3.63) is 28.8 Å². The van der Waals surface area contributed by atoms with E-state index in [1.165, 1.54) is 0 Å². The summed E-state index contributed by atoms with van der Waals surface area (Å²) in [6, 6.07) is 5.04. The summed E-state index contributed by atoms with van der Waals surface area (Å²) in [6.07, 6.45) is 3.18. The summed E-state index contributed by atoms with van der Waals surface area (Å²) in [5.74, 6) is 0.113. The number of aryl methyl sites for hydroxylation is 1. The Morgan fingerprint density at radius 1 is 1.20 bits per heavy atom. The molecule has 2 aliphatic rings. The molecule has 2 atom stereocenters. The van der Waals surface area contributed by atoms with Gasteiger partial charge in [-0.25, -0.2) is 8.42 Å². The van der Waals surface area contributed by atoms with Crippen molar-refractivity contribution >= 4 is 33.0 Å². The first-order valence-corrected chi connectivity index (χ1v) is 11.0. The van der Waals surface area contributed by atoms with E-state index in [2.05, 4.69) is 11.8 Å². The third-order valence-corrected chi connectivity index (χ3v) is 7.29. The van der Waals surface area contributed by atoms with Crippen LogP contribution < -0.4 is 4.90 Å². The van der Waals surface area contributed by atoms with Crippen LogP contribution in [0.4, 0.5) is 5.69 Å². The number of piperazine rings is 1. The van der Waals surface area contributed by atoms with Crippen molar-refractivity contribution < 1.29 is 13.2 Å². The Labute approximate surface area is 154 Å².